The van der Waals surface area contributed by atoms with Gasteiger partial charge in [0.25, 0.3) is 0 Å². The highest BCUT2D eigenvalue weighted by Gasteiger charge is 2.20. The molecular formula is C17H27FN2. The summed E-state index contributed by atoms with van der Waals surface area (Å²) < 4.78 is 14.1. The average Bonchev–Trinajstić information content (AvgIpc) is 2.93. The summed E-state index contributed by atoms with van der Waals surface area (Å²) in [6, 6.07) is 5.41. The average molecular weight is 278 g/mol. The molecule has 3 heteroatoms. The van der Waals surface area contributed by atoms with Gasteiger partial charge in [-0.1, -0.05) is 25.8 Å². The largest absolute Gasteiger partial charge is 0.374 e. The van der Waals surface area contributed by atoms with Crippen LogP contribution in [0.15, 0.2) is 18.2 Å². The Morgan fingerprint density at radius 2 is 2.05 bits per heavy atom. The second-order valence-corrected chi connectivity index (χ2v) is 6.14. The fourth-order valence-corrected chi connectivity index (χ4v) is 3.19. The Kier molecular flexibility index (Phi) is 5.41. The summed E-state index contributed by atoms with van der Waals surface area (Å²) in [6.07, 6.45) is 6.80. The molecule has 20 heavy (non-hydrogen) atoms. The Hall–Kier alpha value is -1.09. The molecule has 0 aliphatic heterocycles. The summed E-state index contributed by atoms with van der Waals surface area (Å²) >= 11 is 0. The summed E-state index contributed by atoms with van der Waals surface area (Å²) in [5.74, 6) is 0.639. The lowest BCUT2D eigenvalue weighted by atomic mass is 10.0. The van der Waals surface area contributed by atoms with E-state index in [2.05, 4.69) is 11.9 Å². The number of nitrogens with two attached hydrogens (primary N) is 1. The predicted octanol–water partition coefficient (Wildman–Crippen LogP) is 3.73. The first kappa shape index (κ1) is 15.3. The van der Waals surface area contributed by atoms with Gasteiger partial charge in [-0.05, 0) is 43.7 Å². The molecule has 1 aromatic rings. The Bertz CT molecular complexity index is 427. The highest BCUT2D eigenvalue weighted by molar-refractivity contribution is 5.54. The summed E-state index contributed by atoms with van der Waals surface area (Å²) in [5.41, 5.74) is 7.82. The first-order valence-corrected chi connectivity index (χ1v) is 7.86. The highest BCUT2D eigenvalue weighted by atomic mass is 19.1. The van der Waals surface area contributed by atoms with Crippen molar-refractivity contribution in [3.8, 4) is 0 Å². The van der Waals surface area contributed by atoms with Crippen LogP contribution in [-0.2, 0) is 6.42 Å². The van der Waals surface area contributed by atoms with Crippen molar-refractivity contribution in [3.63, 3.8) is 0 Å². The van der Waals surface area contributed by atoms with Crippen LogP contribution in [0.25, 0.3) is 0 Å². The van der Waals surface area contributed by atoms with Gasteiger partial charge in [-0.3, -0.25) is 0 Å². The summed E-state index contributed by atoms with van der Waals surface area (Å²) in [6.45, 7) is 3.07. The van der Waals surface area contributed by atoms with Gasteiger partial charge in [-0.25, -0.2) is 4.39 Å². The van der Waals surface area contributed by atoms with Crippen LogP contribution in [0.4, 0.5) is 10.1 Å². The Morgan fingerprint density at radius 3 is 2.70 bits per heavy atom. The van der Waals surface area contributed by atoms with Crippen LogP contribution >= 0.6 is 0 Å². The quantitative estimate of drug-likeness (QED) is 0.859. The topological polar surface area (TPSA) is 29.3 Å². The van der Waals surface area contributed by atoms with Crippen molar-refractivity contribution in [2.45, 2.75) is 51.5 Å². The molecule has 1 aliphatic rings. The zero-order valence-corrected chi connectivity index (χ0v) is 12.7. The Morgan fingerprint density at radius 1 is 1.35 bits per heavy atom. The smallest absolute Gasteiger partial charge is 0.128 e. The third kappa shape index (κ3) is 3.72. The molecule has 0 amide bonds. The fourth-order valence-electron chi connectivity index (χ4n) is 3.19. The lowest BCUT2D eigenvalue weighted by Crippen LogP contribution is -2.28. The minimum Gasteiger partial charge on any atom is -0.374 e. The fraction of sp³-hybridized carbons (Fsp3) is 0.647. The van der Waals surface area contributed by atoms with Crippen molar-refractivity contribution in [1.82, 2.24) is 0 Å². The first-order valence-electron chi connectivity index (χ1n) is 7.86. The molecule has 0 spiro atoms. The minimum absolute atomic E-state index is 0.0329. The lowest BCUT2D eigenvalue weighted by molar-refractivity contribution is 0.541. The predicted molar refractivity (Wildman–Crippen MR) is 83.6 cm³/mol. The third-order valence-electron chi connectivity index (χ3n) is 4.50. The molecule has 0 radical (unpaired) electrons. The van der Waals surface area contributed by atoms with E-state index in [4.69, 9.17) is 5.73 Å². The van der Waals surface area contributed by atoms with Gasteiger partial charge in [-0.2, -0.15) is 0 Å². The van der Waals surface area contributed by atoms with E-state index in [-0.39, 0.29) is 11.9 Å². The van der Waals surface area contributed by atoms with Gasteiger partial charge in [0.05, 0.1) is 0 Å². The second-order valence-electron chi connectivity index (χ2n) is 6.14. The van der Waals surface area contributed by atoms with E-state index in [9.17, 15) is 4.39 Å². The zero-order valence-electron chi connectivity index (χ0n) is 12.7. The number of nitrogens with zero attached hydrogens (tertiary/aromatic N) is 1. The monoisotopic (exact) mass is 278 g/mol. The van der Waals surface area contributed by atoms with Gasteiger partial charge in [0.15, 0.2) is 0 Å². The molecular weight excluding hydrogens is 251 g/mol. The van der Waals surface area contributed by atoms with Crippen LogP contribution < -0.4 is 10.6 Å². The van der Waals surface area contributed by atoms with Gasteiger partial charge in [0.2, 0.25) is 0 Å². The van der Waals surface area contributed by atoms with Gasteiger partial charge in [0.1, 0.15) is 5.82 Å². The van der Waals surface area contributed by atoms with Crippen molar-refractivity contribution in [3.05, 3.63) is 29.6 Å². The van der Waals surface area contributed by atoms with Gasteiger partial charge in [-0.15, -0.1) is 0 Å². The molecule has 112 valence electrons. The van der Waals surface area contributed by atoms with E-state index in [1.165, 1.54) is 25.7 Å². The lowest BCUT2D eigenvalue weighted by Gasteiger charge is -2.26. The van der Waals surface area contributed by atoms with Gasteiger partial charge >= 0.3 is 0 Å². The van der Waals surface area contributed by atoms with Crippen molar-refractivity contribution in [2.24, 2.45) is 11.7 Å². The molecule has 0 aromatic heterocycles. The highest BCUT2D eigenvalue weighted by Crippen LogP contribution is 2.29. The molecule has 2 N–H and O–H groups in total. The number of benzene rings is 1. The van der Waals surface area contributed by atoms with E-state index in [1.807, 2.05) is 13.0 Å². The van der Waals surface area contributed by atoms with Crippen LogP contribution in [-0.4, -0.2) is 19.6 Å². The van der Waals surface area contributed by atoms with Crippen molar-refractivity contribution < 1.29 is 4.39 Å². The number of hydrogen-bond donors (Lipinski definition) is 1. The minimum atomic E-state index is -0.121. The molecule has 1 saturated carbocycles. The van der Waals surface area contributed by atoms with Gasteiger partial charge < -0.3 is 10.6 Å². The molecule has 2 nitrogen and oxygen atoms in total. The van der Waals surface area contributed by atoms with Crippen molar-refractivity contribution >= 4 is 5.69 Å². The van der Waals surface area contributed by atoms with E-state index in [0.29, 0.717) is 6.42 Å². The van der Waals surface area contributed by atoms with E-state index in [0.717, 1.165) is 30.1 Å². The summed E-state index contributed by atoms with van der Waals surface area (Å²) in [4.78, 5) is 2.22. The van der Waals surface area contributed by atoms with Crippen molar-refractivity contribution in [1.29, 1.82) is 0 Å². The second kappa shape index (κ2) is 7.07. The number of hydrogen-bond acceptors (Lipinski definition) is 2. The maximum absolute atomic E-state index is 14.1. The zero-order chi connectivity index (χ0) is 14.5. The molecule has 1 aliphatic carbocycles. The molecule has 2 rings (SSSR count). The third-order valence-corrected chi connectivity index (χ3v) is 4.50. The Labute approximate surface area is 122 Å². The van der Waals surface area contributed by atoms with Crippen LogP contribution in [0.1, 0.15) is 44.6 Å². The number of anilines is 1. The SMILES string of the molecule is CCC(N)Cc1c(F)cccc1N(C)CC1CCCC1. The molecule has 0 bridgehead atoms. The van der Waals surface area contributed by atoms with Crippen LogP contribution in [0.3, 0.4) is 0 Å². The molecule has 1 aromatic carbocycles. The normalized spacial score (nSPS) is 17.4. The Balaban J connectivity index is 2.14. The summed E-state index contributed by atoms with van der Waals surface area (Å²) in [5, 5.41) is 0. The standard InChI is InChI=1S/C17H27FN2/c1-3-14(19)11-15-16(18)9-6-10-17(15)20(2)12-13-7-4-5-8-13/h6,9-10,13-14H,3-5,7-8,11-12,19H2,1-2H3. The molecule has 1 atom stereocenters. The van der Waals surface area contributed by atoms with E-state index < -0.39 is 0 Å². The van der Waals surface area contributed by atoms with Crippen molar-refractivity contribution in [2.75, 3.05) is 18.5 Å². The van der Waals surface area contributed by atoms with E-state index >= 15 is 0 Å². The molecule has 0 heterocycles. The first-order chi connectivity index (χ1) is 9.61. The maximum Gasteiger partial charge on any atom is 0.128 e. The number of halogens is 1. The van der Waals surface area contributed by atoms with E-state index in [1.54, 1.807) is 12.1 Å². The van der Waals surface area contributed by atoms with Gasteiger partial charge in [0, 0.05) is 30.9 Å². The van der Waals surface area contributed by atoms with Crippen LogP contribution in [0.2, 0.25) is 0 Å². The molecule has 0 saturated heterocycles. The molecule has 1 fully saturated rings. The summed E-state index contributed by atoms with van der Waals surface area (Å²) in [7, 11) is 2.08. The number of rotatable bonds is 6. The molecule has 1 unspecified atom stereocenters. The van der Waals surface area contributed by atoms with Crippen LogP contribution in [0, 0.1) is 11.7 Å². The van der Waals surface area contributed by atoms with Crippen LogP contribution in [0.5, 0.6) is 0 Å². The maximum atomic E-state index is 14.1.